The molecule has 1 spiro atoms. The van der Waals surface area contributed by atoms with Crippen LogP contribution < -0.4 is 0 Å². The van der Waals surface area contributed by atoms with Crippen molar-refractivity contribution in [3.63, 3.8) is 0 Å². The van der Waals surface area contributed by atoms with E-state index in [0.717, 1.165) is 38.5 Å². The van der Waals surface area contributed by atoms with Crippen LogP contribution in [0.5, 0.6) is 0 Å². The highest BCUT2D eigenvalue weighted by molar-refractivity contribution is 5.24. The second kappa shape index (κ2) is 8.96. The van der Waals surface area contributed by atoms with Crippen LogP contribution in [0.15, 0.2) is 12.2 Å². The zero-order chi connectivity index (χ0) is 20.5. The van der Waals surface area contributed by atoms with Crippen LogP contribution in [0.1, 0.15) is 71.1 Å². The molecule has 1 unspecified atom stereocenters. The Hall–Kier alpha value is -0.460. The second-order valence-corrected chi connectivity index (χ2v) is 9.69. The van der Waals surface area contributed by atoms with Gasteiger partial charge >= 0.3 is 0 Å². The first kappa shape index (κ1) is 21.8. The van der Waals surface area contributed by atoms with Crippen LogP contribution in [0, 0.1) is 23.7 Å². The van der Waals surface area contributed by atoms with Gasteiger partial charge in [0.25, 0.3) is 0 Å². The molecule has 0 bridgehead atoms. The fourth-order valence-corrected chi connectivity index (χ4v) is 6.91. The molecule has 1 heterocycles. The highest BCUT2D eigenvalue weighted by atomic mass is 16.8. The first-order valence-corrected chi connectivity index (χ1v) is 12.0. The number of hydrogen-bond donors (Lipinski definition) is 2. The van der Waals surface area contributed by atoms with Crippen molar-refractivity contribution in [3.8, 4) is 0 Å². The lowest BCUT2D eigenvalue weighted by Gasteiger charge is -2.69. The molecule has 4 aliphatic rings. The summed E-state index contributed by atoms with van der Waals surface area (Å²) in [7, 11) is 1.77. The van der Waals surface area contributed by atoms with E-state index in [9.17, 15) is 10.2 Å². The molecule has 2 N–H and O–H groups in total. The lowest BCUT2D eigenvalue weighted by molar-refractivity contribution is -0.418. The van der Waals surface area contributed by atoms with E-state index in [1.165, 1.54) is 19.3 Å². The Morgan fingerprint density at radius 3 is 2.52 bits per heavy atom. The van der Waals surface area contributed by atoms with Crippen molar-refractivity contribution in [1.29, 1.82) is 0 Å². The number of unbranched alkanes of at least 4 members (excludes halogenated alkanes) is 1. The number of hydrogen-bond acceptors (Lipinski definition) is 5. The third kappa shape index (κ3) is 3.51. The molecule has 4 rings (SSSR count). The van der Waals surface area contributed by atoms with E-state index in [1.54, 1.807) is 7.11 Å². The lowest BCUT2D eigenvalue weighted by Crippen LogP contribution is -2.80. The van der Waals surface area contributed by atoms with Crippen molar-refractivity contribution in [2.75, 3.05) is 20.3 Å². The van der Waals surface area contributed by atoms with Gasteiger partial charge in [0.15, 0.2) is 0 Å². The van der Waals surface area contributed by atoms with Gasteiger partial charge < -0.3 is 24.4 Å². The summed E-state index contributed by atoms with van der Waals surface area (Å²) in [6, 6.07) is 0. The molecule has 0 amide bonds. The van der Waals surface area contributed by atoms with E-state index in [1.807, 2.05) is 6.08 Å². The van der Waals surface area contributed by atoms with Gasteiger partial charge in [-0.25, -0.2) is 0 Å². The first-order valence-electron chi connectivity index (χ1n) is 12.0. The van der Waals surface area contributed by atoms with Crippen LogP contribution in [0.2, 0.25) is 0 Å². The Morgan fingerprint density at radius 2 is 1.86 bits per heavy atom. The summed E-state index contributed by atoms with van der Waals surface area (Å²) in [5.41, 5.74) is -0.494. The predicted octanol–water partition coefficient (Wildman–Crippen LogP) is 3.82. The summed E-state index contributed by atoms with van der Waals surface area (Å²) >= 11 is 0. The topological polar surface area (TPSA) is 68.2 Å². The Balaban J connectivity index is 1.57. The fraction of sp³-hybridized carbons (Fsp3) is 0.917. The minimum absolute atomic E-state index is 0.0257. The monoisotopic (exact) mass is 408 g/mol. The SMILES string of the molecule is CCCCC1[C@H]2[C@H](/C=C/[C@@H](O)C3CCCCC3)[C@@H](O)CC[C@@]2(OC)C12OCCO2. The number of methoxy groups -OCH3 is 1. The van der Waals surface area contributed by atoms with Crippen molar-refractivity contribution in [1.82, 2.24) is 0 Å². The highest BCUT2D eigenvalue weighted by Crippen LogP contribution is 2.67. The molecular weight excluding hydrogens is 368 g/mol. The van der Waals surface area contributed by atoms with E-state index in [-0.39, 0.29) is 17.8 Å². The Labute approximate surface area is 175 Å². The maximum absolute atomic E-state index is 10.9. The predicted molar refractivity (Wildman–Crippen MR) is 111 cm³/mol. The van der Waals surface area contributed by atoms with Gasteiger partial charge in [0.05, 0.1) is 25.4 Å². The summed E-state index contributed by atoms with van der Waals surface area (Å²) in [5, 5.41) is 21.7. The van der Waals surface area contributed by atoms with Gasteiger partial charge in [-0.3, -0.25) is 0 Å². The quantitative estimate of drug-likeness (QED) is 0.627. The molecule has 3 saturated carbocycles. The number of aliphatic hydroxyl groups excluding tert-OH is 2. The zero-order valence-electron chi connectivity index (χ0n) is 18.2. The molecule has 0 radical (unpaired) electrons. The zero-order valence-corrected chi connectivity index (χ0v) is 18.2. The van der Waals surface area contributed by atoms with E-state index in [0.29, 0.717) is 25.6 Å². The van der Waals surface area contributed by atoms with E-state index in [2.05, 4.69) is 13.0 Å². The van der Waals surface area contributed by atoms with Crippen LogP contribution in [0.4, 0.5) is 0 Å². The summed E-state index contributed by atoms with van der Waals surface area (Å²) in [6.45, 7) is 3.44. The van der Waals surface area contributed by atoms with Gasteiger partial charge in [0.1, 0.15) is 5.60 Å². The van der Waals surface area contributed by atoms with Crippen LogP contribution in [0.3, 0.4) is 0 Å². The summed E-state index contributed by atoms with van der Waals surface area (Å²) in [4.78, 5) is 0. The van der Waals surface area contributed by atoms with Gasteiger partial charge in [-0.2, -0.15) is 0 Å². The van der Waals surface area contributed by atoms with Crippen LogP contribution in [0.25, 0.3) is 0 Å². The molecule has 5 nitrogen and oxygen atoms in total. The molecule has 166 valence electrons. The highest BCUT2D eigenvalue weighted by Gasteiger charge is 2.78. The normalized spacial score (nSPS) is 40.8. The maximum atomic E-state index is 10.9. The standard InChI is InChI=1S/C24H40O5/c1-3-4-10-19-22-18(11-12-20(25)17-8-6-5-7-9-17)21(26)13-14-23(22,27-2)24(19)28-15-16-29-24/h11-12,17-22,25-26H,3-10,13-16H2,1-2H3/b12-11+/t18-,19?,20-,21+,22-,23+/m1/s1. The Kier molecular flexibility index (Phi) is 6.72. The largest absolute Gasteiger partial charge is 0.393 e. The van der Waals surface area contributed by atoms with Crippen LogP contribution in [-0.4, -0.2) is 54.1 Å². The number of aliphatic hydroxyl groups is 2. The van der Waals surface area contributed by atoms with E-state index in [4.69, 9.17) is 14.2 Å². The Bertz CT molecular complexity index is 566. The fourth-order valence-electron chi connectivity index (χ4n) is 6.91. The number of ether oxygens (including phenoxy) is 3. The van der Waals surface area contributed by atoms with Crippen molar-refractivity contribution in [2.45, 2.75) is 94.7 Å². The molecule has 5 heteroatoms. The minimum Gasteiger partial charge on any atom is -0.393 e. The van der Waals surface area contributed by atoms with E-state index >= 15 is 0 Å². The van der Waals surface area contributed by atoms with Gasteiger partial charge in [-0.15, -0.1) is 0 Å². The Morgan fingerprint density at radius 1 is 1.14 bits per heavy atom. The smallest absolute Gasteiger partial charge is 0.201 e. The molecule has 0 aromatic rings. The van der Waals surface area contributed by atoms with Gasteiger partial charge in [0, 0.05) is 24.9 Å². The molecule has 3 aliphatic carbocycles. The molecular formula is C24H40O5. The van der Waals surface area contributed by atoms with Gasteiger partial charge in [0.2, 0.25) is 5.79 Å². The number of fused-ring (bicyclic) bond motifs is 2. The molecule has 0 aromatic heterocycles. The van der Waals surface area contributed by atoms with Gasteiger partial charge in [-0.1, -0.05) is 51.2 Å². The average molecular weight is 409 g/mol. The van der Waals surface area contributed by atoms with Crippen LogP contribution in [-0.2, 0) is 14.2 Å². The molecule has 29 heavy (non-hydrogen) atoms. The van der Waals surface area contributed by atoms with E-state index < -0.39 is 23.6 Å². The molecule has 1 aliphatic heterocycles. The second-order valence-electron chi connectivity index (χ2n) is 9.69. The summed E-state index contributed by atoms with van der Waals surface area (Å²) in [6.07, 6.45) is 13.9. The molecule has 6 atom stereocenters. The third-order valence-electron chi connectivity index (χ3n) is 8.33. The van der Waals surface area contributed by atoms with Crippen molar-refractivity contribution < 1.29 is 24.4 Å². The van der Waals surface area contributed by atoms with Gasteiger partial charge in [-0.05, 0) is 38.0 Å². The first-order chi connectivity index (χ1) is 14.1. The van der Waals surface area contributed by atoms with Crippen LogP contribution >= 0.6 is 0 Å². The summed E-state index contributed by atoms with van der Waals surface area (Å²) in [5.74, 6) is 0.0628. The minimum atomic E-state index is -0.657. The lowest BCUT2D eigenvalue weighted by atomic mass is 9.46. The average Bonchev–Trinajstić information content (AvgIpc) is 3.27. The molecule has 4 fully saturated rings. The summed E-state index contributed by atoms with van der Waals surface area (Å²) < 4.78 is 18.7. The number of rotatable bonds is 7. The van der Waals surface area contributed by atoms with Crippen molar-refractivity contribution >= 4 is 0 Å². The maximum Gasteiger partial charge on any atom is 0.201 e. The molecule has 0 aromatic carbocycles. The third-order valence-corrected chi connectivity index (χ3v) is 8.33. The van der Waals surface area contributed by atoms with Crippen molar-refractivity contribution in [2.24, 2.45) is 23.7 Å². The van der Waals surface area contributed by atoms with Crippen molar-refractivity contribution in [3.05, 3.63) is 12.2 Å². The molecule has 1 saturated heterocycles.